The highest BCUT2D eigenvalue weighted by Gasteiger charge is 2.24. The molecule has 0 bridgehead atoms. The van der Waals surface area contributed by atoms with E-state index in [1.54, 1.807) is 9.80 Å². The standard InChI is InChI=1S/C12H15ClN4O2/c1-8(18)16-2-4-17(5-3-16)12(19)9-6-11(13)15-7-10(9)14/h6-7H,2-5,14H2,1H3. The highest BCUT2D eigenvalue weighted by atomic mass is 35.5. The van der Waals surface area contributed by atoms with Crippen LogP contribution in [-0.4, -0.2) is 52.8 Å². The van der Waals surface area contributed by atoms with Gasteiger partial charge in [0, 0.05) is 33.1 Å². The molecule has 0 saturated carbocycles. The summed E-state index contributed by atoms with van der Waals surface area (Å²) < 4.78 is 0. The Hall–Kier alpha value is -1.82. The lowest BCUT2D eigenvalue weighted by Crippen LogP contribution is -2.50. The van der Waals surface area contributed by atoms with E-state index in [1.807, 2.05) is 0 Å². The molecule has 6 nitrogen and oxygen atoms in total. The Morgan fingerprint density at radius 2 is 1.84 bits per heavy atom. The Morgan fingerprint density at radius 1 is 1.26 bits per heavy atom. The van der Waals surface area contributed by atoms with E-state index in [4.69, 9.17) is 17.3 Å². The van der Waals surface area contributed by atoms with Crippen molar-refractivity contribution < 1.29 is 9.59 Å². The number of carbonyl (C=O) groups is 2. The van der Waals surface area contributed by atoms with Crippen LogP contribution in [0.4, 0.5) is 5.69 Å². The van der Waals surface area contributed by atoms with Gasteiger partial charge in [0.15, 0.2) is 0 Å². The van der Waals surface area contributed by atoms with E-state index in [9.17, 15) is 9.59 Å². The number of rotatable bonds is 1. The Morgan fingerprint density at radius 3 is 2.42 bits per heavy atom. The van der Waals surface area contributed by atoms with Gasteiger partial charge in [-0.05, 0) is 6.07 Å². The van der Waals surface area contributed by atoms with Gasteiger partial charge in [0.05, 0.1) is 17.4 Å². The van der Waals surface area contributed by atoms with E-state index in [0.29, 0.717) is 37.4 Å². The number of nitrogen functional groups attached to an aromatic ring is 1. The van der Waals surface area contributed by atoms with Gasteiger partial charge in [-0.25, -0.2) is 4.98 Å². The number of carbonyl (C=O) groups excluding carboxylic acids is 2. The van der Waals surface area contributed by atoms with Crippen LogP contribution in [0.15, 0.2) is 12.3 Å². The van der Waals surface area contributed by atoms with Crippen molar-refractivity contribution in [1.29, 1.82) is 0 Å². The highest BCUT2D eigenvalue weighted by molar-refractivity contribution is 6.29. The third-order valence-electron chi connectivity index (χ3n) is 3.14. The number of anilines is 1. The zero-order chi connectivity index (χ0) is 14.0. The normalized spacial score (nSPS) is 15.5. The number of aromatic nitrogens is 1. The van der Waals surface area contributed by atoms with Crippen molar-refractivity contribution in [2.75, 3.05) is 31.9 Å². The van der Waals surface area contributed by atoms with Crippen LogP contribution in [0.5, 0.6) is 0 Å². The quantitative estimate of drug-likeness (QED) is 0.766. The zero-order valence-corrected chi connectivity index (χ0v) is 11.4. The fourth-order valence-electron chi connectivity index (χ4n) is 2.02. The van der Waals surface area contributed by atoms with Crippen LogP contribution < -0.4 is 5.73 Å². The number of hydrogen-bond acceptors (Lipinski definition) is 4. The molecule has 0 aliphatic carbocycles. The van der Waals surface area contributed by atoms with Crippen LogP contribution in [0.3, 0.4) is 0 Å². The van der Waals surface area contributed by atoms with Crippen molar-refractivity contribution in [3.05, 3.63) is 23.0 Å². The molecule has 2 amide bonds. The Kier molecular flexibility index (Phi) is 3.90. The van der Waals surface area contributed by atoms with Crippen LogP contribution >= 0.6 is 11.6 Å². The molecule has 19 heavy (non-hydrogen) atoms. The molecular formula is C12H15ClN4O2. The molecule has 1 aliphatic heterocycles. The molecule has 7 heteroatoms. The van der Waals surface area contributed by atoms with Crippen molar-refractivity contribution in [2.24, 2.45) is 0 Å². The maximum Gasteiger partial charge on any atom is 0.256 e. The minimum Gasteiger partial charge on any atom is -0.397 e. The third-order valence-corrected chi connectivity index (χ3v) is 3.35. The minimum atomic E-state index is -0.176. The topological polar surface area (TPSA) is 79.5 Å². The number of hydrogen-bond donors (Lipinski definition) is 1. The first kappa shape index (κ1) is 13.6. The lowest BCUT2D eigenvalue weighted by Gasteiger charge is -2.34. The molecule has 1 aliphatic rings. The van der Waals surface area contributed by atoms with Gasteiger partial charge < -0.3 is 15.5 Å². The first-order valence-corrected chi connectivity index (χ1v) is 6.32. The second-order valence-corrected chi connectivity index (χ2v) is 4.78. The average Bonchev–Trinajstić information content (AvgIpc) is 2.41. The lowest BCUT2D eigenvalue weighted by molar-refractivity contribution is -0.130. The summed E-state index contributed by atoms with van der Waals surface area (Å²) in [5.74, 6) is -0.149. The number of piperazine rings is 1. The largest absolute Gasteiger partial charge is 0.397 e. The van der Waals surface area contributed by atoms with Gasteiger partial charge in [-0.15, -0.1) is 0 Å². The molecular weight excluding hydrogens is 268 g/mol. The van der Waals surface area contributed by atoms with Gasteiger partial charge >= 0.3 is 0 Å². The molecule has 0 radical (unpaired) electrons. The Balaban J connectivity index is 2.09. The monoisotopic (exact) mass is 282 g/mol. The minimum absolute atomic E-state index is 0.0265. The summed E-state index contributed by atoms with van der Waals surface area (Å²) in [7, 11) is 0. The smallest absolute Gasteiger partial charge is 0.256 e. The predicted octanol–water partition coefficient (Wildman–Crippen LogP) is 0.622. The van der Waals surface area contributed by atoms with Crippen LogP contribution in [0.25, 0.3) is 0 Å². The van der Waals surface area contributed by atoms with Crippen LogP contribution in [-0.2, 0) is 4.79 Å². The van der Waals surface area contributed by atoms with Gasteiger partial charge in [0.1, 0.15) is 5.15 Å². The molecule has 0 unspecified atom stereocenters. The molecule has 1 saturated heterocycles. The van der Waals surface area contributed by atoms with Crippen LogP contribution in [0.2, 0.25) is 5.15 Å². The summed E-state index contributed by atoms with van der Waals surface area (Å²) in [5.41, 5.74) is 6.41. The van der Waals surface area contributed by atoms with Crippen LogP contribution in [0, 0.1) is 0 Å². The number of amides is 2. The Bertz CT molecular complexity index is 512. The number of pyridine rings is 1. The number of nitrogens with zero attached hydrogens (tertiary/aromatic N) is 3. The maximum atomic E-state index is 12.3. The predicted molar refractivity (Wildman–Crippen MR) is 71.8 cm³/mol. The fraction of sp³-hybridized carbons (Fsp3) is 0.417. The van der Waals surface area contributed by atoms with E-state index in [2.05, 4.69) is 4.98 Å². The van der Waals surface area contributed by atoms with Gasteiger partial charge in [0.2, 0.25) is 5.91 Å². The van der Waals surface area contributed by atoms with E-state index in [-0.39, 0.29) is 17.0 Å². The maximum absolute atomic E-state index is 12.3. The SMILES string of the molecule is CC(=O)N1CCN(C(=O)c2cc(Cl)ncc2N)CC1. The van der Waals surface area contributed by atoms with Crippen molar-refractivity contribution in [2.45, 2.75) is 6.92 Å². The molecule has 2 N–H and O–H groups in total. The average molecular weight is 283 g/mol. The highest BCUT2D eigenvalue weighted by Crippen LogP contribution is 2.18. The zero-order valence-electron chi connectivity index (χ0n) is 10.6. The van der Waals surface area contributed by atoms with Gasteiger partial charge in [0.25, 0.3) is 5.91 Å². The van der Waals surface area contributed by atoms with E-state index in [0.717, 1.165) is 0 Å². The fourth-order valence-corrected chi connectivity index (χ4v) is 2.18. The van der Waals surface area contributed by atoms with Gasteiger partial charge in [-0.3, -0.25) is 9.59 Å². The molecule has 1 fully saturated rings. The van der Waals surface area contributed by atoms with Gasteiger partial charge in [-0.1, -0.05) is 11.6 Å². The molecule has 2 heterocycles. The number of nitrogens with two attached hydrogens (primary N) is 1. The van der Waals surface area contributed by atoms with Crippen LogP contribution in [0.1, 0.15) is 17.3 Å². The van der Waals surface area contributed by atoms with E-state index in [1.165, 1.54) is 19.2 Å². The Labute approximate surface area is 116 Å². The summed E-state index contributed by atoms with van der Waals surface area (Å²) in [6.07, 6.45) is 1.38. The van der Waals surface area contributed by atoms with E-state index < -0.39 is 0 Å². The molecule has 0 spiro atoms. The number of halogens is 1. The molecule has 1 aromatic rings. The van der Waals surface area contributed by atoms with Crippen molar-refractivity contribution >= 4 is 29.1 Å². The van der Waals surface area contributed by atoms with E-state index >= 15 is 0 Å². The van der Waals surface area contributed by atoms with Crippen molar-refractivity contribution in [3.63, 3.8) is 0 Å². The first-order valence-electron chi connectivity index (χ1n) is 5.95. The second kappa shape index (κ2) is 5.44. The summed E-state index contributed by atoms with van der Waals surface area (Å²) >= 11 is 5.77. The second-order valence-electron chi connectivity index (χ2n) is 4.39. The molecule has 2 rings (SSSR count). The summed E-state index contributed by atoms with van der Waals surface area (Å²) in [6, 6.07) is 1.47. The third kappa shape index (κ3) is 2.96. The van der Waals surface area contributed by atoms with Crippen molar-refractivity contribution in [3.8, 4) is 0 Å². The van der Waals surface area contributed by atoms with Crippen molar-refractivity contribution in [1.82, 2.24) is 14.8 Å². The molecule has 102 valence electrons. The lowest BCUT2D eigenvalue weighted by atomic mass is 10.2. The molecule has 0 aromatic carbocycles. The summed E-state index contributed by atoms with van der Waals surface area (Å²) in [6.45, 7) is 3.60. The summed E-state index contributed by atoms with van der Waals surface area (Å²) in [4.78, 5) is 30.7. The summed E-state index contributed by atoms with van der Waals surface area (Å²) in [5, 5.41) is 0.236. The van der Waals surface area contributed by atoms with Gasteiger partial charge in [-0.2, -0.15) is 0 Å². The molecule has 1 aromatic heterocycles. The first-order chi connectivity index (χ1) is 8.99. The molecule has 0 atom stereocenters.